The van der Waals surface area contributed by atoms with E-state index >= 15 is 0 Å². The van der Waals surface area contributed by atoms with Gasteiger partial charge in [0.05, 0.1) is 5.60 Å². The highest BCUT2D eigenvalue weighted by Gasteiger charge is 2.32. The van der Waals surface area contributed by atoms with Crippen LogP contribution in [0.5, 0.6) is 0 Å². The van der Waals surface area contributed by atoms with E-state index in [2.05, 4.69) is 12.2 Å². The molecule has 0 aromatic heterocycles. The molecule has 0 bridgehead atoms. The highest BCUT2D eigenvalue weighted by Crippen LogP contribution is 2.33. The third-order valence-corrected chi connectivity index (χ3v) is 4.63. The van der Waals surface area contributed by atoms with Crippen LogP contribution in [-0.2, 0) is 6.54 Å². The topological polar surface area (TPSA) is 32.3 Å². The van der Waals surface area contributed by atoms with Crippen LogP contribution in [0.15, 0.2) is 18.2 Å². The lowest BCUT2D eigenvalue weighted by Gasteiger charge is -2.36. The maximum atomic E-state index is 13.6. The van der Waals surface area contributed by atoms with Gasteiger partial charge in [-0.15, -0.1) is 0 Å². The van der Waals surface area contributed by atoms with Gasteiger partial charge >= 0.3 is 0 Å². The standard InChI is InChI=1S/C16H23ClFNO/c1-2-12-5-7-16(20,8-6-12)11-19-10-13-3-4-14(17)9-15(13)18/h3-4,9,12,19-20H,2,5-8,10-11H2,1H3. The molecule has 0 amide bonds. The Labute approximate surface area is 125 Å². The number of rotatable bonds is 5. The Morgan fingerprint density at radius 2 is 2.10 bits per heavy atom. The molecule has 2 nitrogen and oxygen atoms in total. The van der Waals surface area contributed by atoms with Crippen LogP contribution >= 0.6 is 11.6 Å². The summed E-state index contributed by atoms with van der Waals surface area (Å²) in [7, 11) is 0. The first-order valence-corrected chi connectivity index (χ1v) is 7.77. The van der Waals surface area contributed by atoms with Crippen LogP contribution < -0.4 is 5.32 Å². The molecule has 4 heteroatoms. The monoisotopic (exact) mass is 299 g/mol. The van der Waals surface area contributed by atoms with Crippen molar-refractivity contribution in [2.45, 2.75) is 51.2 Å². The van der Waals surface area contributed by atoms with E-state index in [1.807, 2.05) is 0 Å². The molecule has 1 fully saturated rings. The third-order valence-electron chi connectivity index (χ3n) is 4.40. The molecular weight excluding hydrogens is 277 g/mol. The number of benzene rings is 1. The van der Waals surface area contributed by atoms with Crippen molar-refractivity contribution in [2.75, 3.05) is 6.54 Å². The molecule has 0 heterocycles. The van der Waals surface area contributed by atoms with Crippen molar-refractivity contribution in [3.8, 4) is 0 Å². The second kappa shape index (κ2) is 6.88. The fourth-order valence-electron chi connectivity index (χ4n) is 2.89. The van der Waals surface area contributed by atoms with E-state index in [1.54, 1.807) is 12.1 Å². The normalized spacial score (nSPS) is 26.7. The van der Waals surface area contributed by atoms with Crippen LogP contribution in [0.3, 0.4) is 0 Å². The Morgan fingerprint density at radius 3 is 2.70 bits per heavy atom. The summed E-state index contributed by atoms with van der Waals surface area (Å²) in [6.07, 6.45) is 5.04. The smallest absolute Gasteiger partial charge is 0.129 e. The van der Waals surface area contributed by atoms with Gasteiger partial charge in [-0.1, -0.05) is 31.0 Å². The predicted molar refractivity (Wildman–Crippen MR) is 80.3 cm³/mol. The van der Waals surface area contributed by atoms with Crippen LogP contribution in [-0.4, -0.2) is 17.3 Å². The Bertz CT molecular complexity index is 444. The molecular formula is C16H23ClFNO. The van der Waals surface area contributed by atoms with Gasteiger partial charge in [0, 0.05) is 23.7 Å². The van der Waals surface area contributed by atoms with Crippen LogP contribution in [0.2, 0.25) is 5.02 Å². The molecule has 112 valence electrons. The molecule has 1 aliphatic carbocycles. The van der Waals surface area contributed by atoms with Crippen LogP contribution in [0.4, 0.5) is 4.39 Å². The SMILES string of the molecule is CCC1CCC(O)(CNCc2ccc(Cl)cc2F)CC1. The van der Waals surface area contributed by atoms with Crippen molar-refractivity contribution in [1.82, 2.24) is 5.32 Å². The summed E-state index contributed by atoms with van der Waals surface area (Å²) in [6.45, 7) is 3.14. The van der Waals surface area contributed by atoms with E-state index in [1.165, 1.54) is 12.5 Å². The van der Waals surface area contributed by atoms with E-state index in [0.29, 0.717) is 23.7 Å². The minimum atomic E-state index is -0.630. The van der Waals surface area contributed by atoms with Crippen molar-refractivity contribution in [1.29, 1.82) is 0 Å². The summed E-state index contributed by atoms with van der Waals surface area (Å²) in [6, 6.07) is 4.69. The Balaban J connectivity index is 1.80. The first-order valence-electron chi connectivity index (χ1n) is 7.39. The van der Waals surface area contributed by atoms with Gasteiger partial charge in [-0.05, 0) is 43.7 Å². The minimum absolute atomic E-state index is 0.299. The molecule has 0 saturated heterocycles. The number of hydrogen-bond donors (Lipinski definition) is 2. The molecule has 0 aliphatic heterocycles. The highest BCUT2D eigenvalue weighted by molar-refractivity contribution is 6.30. The minimum Gasteiger partial charge on any atom is -0.389 e. The largest absolute Gasteiger partial charge is 0.389 e. The lowest BCUT2D eigenvalue weighted by atomic mass is 9.78. The van der Waals surface area contributed by atoms with Gasteiger partial charge < -0.3 is 10.4 Å². The highest BCUT2D eigenvalue weighted by atomic mass is 35.5. The molecule has 2 N–H and O–H groups in total. The maximum Gasteiger partial charge on any atom is 0.129 e. The molecule has 0 atom stereocenters. The summed E-state index contributed by atoms with van der Waals surface area (Å²) in [5, 5.41) is 14.1. The lowest BCUT2D eigenvalue weighted by molar-refractivity contribution is -0.00885. The zero-order valence-electron chi connectivity index (χ0n) is 12.0. The molecule has 1 aliphatic rings. The first kappa shape index (κ1) is 15.7. The fraction of sp³-hybridized carbons (Fsp3) is 0.625. The van der Waals surface area contributed by atoms with E-state index in [4.69, 9.17) is 11.6 Å². The fourth-order valence-corrected chi connectivity index (χ4v) is 3.05. The van der Waals surface area contributed by atoms with Crippen molar-refractivity contribution in [3.05, 3.63) is 34.6 Å². The second-order valence-electron chi connectivity index (χ2n) is 5.92. The quantitative estimate of drug-likeness (QED) is 0.864. The van der Waals surface area contributed by atoms with Crippen molar-refractivity contribution in [3.63, 3.8) is 0 Å². The third kappa shape index (κ3) is 4.18. The van der Waals surface area contributed by atoms with E-state index in [0.717, 1.165) is 31.6 Å². The van der Waals surface area contributed by atoms with Gasteiger partial charge in [0.2, 0.25) is 0 Å². The number of nitrogens with one attached hydrogen (secondary N) is 1. The van der Waals surface area contributed by atoms with E-state index < -0.39 is 5.60 Å². The van der Waals surface area contributed by atoms with Crippen molar-refractivity contribution < 1.29 is 9.50 Å². The van der Waals surface area contributed by atoms with Crippen molar-refractivity contribution in [2.24, 2.45) is 5.92 Å². The van der Waals surface area contributed by atoms with Gasteiger partial charge in [0.25, 0.3) is 0 Å². The second-order valence-corrected chi connectivity index (χ2v) is 6.35. The van der Waals surface area contributed by atoms with Gasteiger partial charge in [-0.3, -0.25) is 0 Å². The van der Waals surface area contributed by atoms with E-state index in [9.17, 15) is 9.50 Å². The van der Waals surface area contributed by atoms with Gasteiger partial charge in [0.1, 0.15) is 5.82 Å². The zero-order chi connectivity index (χ0) is 14.6. The maximum absolute atomic E-state index is 13.6. The molecule has 2 rings (SSSR count). The summed E-state index contributed by atoms with van der Waals surface area (Å²) >= 11 is 5.72. The number of aliphatic hydroxyl groups is 1. The van der Waals surface area contributed by atoms with Crippen LogP contribution in [0, 0.1) is 11.7 Å². The lowest BCUT2D eigenvalue weighted by Crippen LogP contribution is -2.43. The van der Waals surface area contributed by atoms with Gasteiger partial charge in [0.15, 0.2) is 0 Å². The Morgan fingerprint density at radius 1 is 1.40 bits per heavy atom. The summed E-state index contributed by atoms with van der Waals surface area (Å²) < 4.78 is 13.6. The first-order chi connectivity index (χ1) is 9.52. The van der Waals surface area contributed by atoms with Gasteiger partial charge in [-0.2, -0.15) is 0 Å². The Hall–Kier alpha value is -0.640. The zero-order valence-corrected chi connectivity index (χ0v) is 12.7. The summed E-state index contributed by atoms with van der Waals surface area (Å²) in [5.41, 5.74) is -0.0468. The molecule has 0 spiro atoms. The summed E-state index contributed by atoms with van der Waals surface area (Å²) in [4.78, 5) is 0. The molecule has 1 aromatic carbocycles. The molecule has 0 radical (unpaired) electrons. The average molecular weight is 300 g/mol. The molecule has 20 heavy (non-hydrogen) atoms. The average Bonchev–Trinajstić information content (AvgIpc) is 2.42. The van der Waals surface area contributed by atoms with Crippen LogP contribution in [0.1, 0.15) is 44.6 Å². The van der Waals surface area contributed by atoms with Gasteiger partial charge in [-0.25, -0.2) is 4.39 Å². The van der Waals surface area contributed by atoms with Crippen molar-refractivity contribution >= 4 is 11.6 Å². The van der Waals surface area contributed by atoms with Crippen LogP contribution in [0.25, 0.3) is 0 Å². The summed E-state index contributed by atoms with van der Waals surface area (Å²) in [5.74, 6) is 0.454. The Kier molecular flexibility index (Phi) is 5.42. The number of hydrogen-bond acceptors (Lipinski definition) is 2. The number of halogens is 2. The molecule has 1 aromatic rings. The predicted octanol–water partition coefficient (Wildman–Crippen LogP) is 3.90. The van der Waals surface area contributed by atoms with E-state index in [-0.39, 0.29) is 5.82 Å². The molecule has 0 unspecified atom stereocenters. The molecule has 1 saturated carbocycles.